The largest absolute Gasteiger partial charge is 0.465 e. The number of urea groups is 1. The Morgan fingerprint density at radius 3 is 2.26 bits per heavy atom. The number of aryl methyl sites for hydroxylation is 2. The smallest absolute Gasteiger partial charge is 0.339 e. The molecule has 0 bridgehead atoms. The maximum Gasteiger partial charge on any atom is 0.339 e. The number of esters is 1. The number of barbiturate groups is 1. The number of hydrogen-bond acceptors (Lipinski definition) is 5. The van der Waals surface area contributed by atoms with Gasteiger partial charge in [-0.25, -0.2) is 14.5 Å². The summed E-state index contributed by atoms with van der Waals surface area (Å²) in [6, 6.07) is 15.0. The van der Waals surface area contributed by atoms with E-state index in [2.05, 4.69) is 5.32 Å². The zero-order chi connectivity index (χ0) is 24.6. The lowest BCUT2D eigenvalue weighted by molar-refractivity contribution is -0.122. The van der Waals surface area contributed by atoms with E-state index in [0.717, 1.165) is 16.2 Å². The highest BCUT2D eigenvalue weighted by atomic mass is 16.5. The zero-order valence-corrected chi connectivity index (χ0v) is 19.2. The normalized spacial score (nSPS) is 15.0. The van der Waals surface area contributed by atoms with Crippen LogP contribution in [0.15, 0.2) is 60.2 Å². The number of aromatic nitrogens is 1. The summed E-state index contributed by atoms with van der Waals surface area (Å²) in [6.45, 7) is 5.46. The summed E-state index contributed by atoms with van der Waals surface area (Å²) in [4.78, 5) is 51.6. The predicted octanol–water partition coefficient (Wildman–Crippen LogP) is 3.86. The van der Waals surface area contributed by atoms with Gasteiger partial charge in [-0.2, -0.15) is 0 Å². The number of ether oxygens (including phenoxy) is 1. The van der Waals surface area contributed by atoms with Crippen LogP contribution >= 0.6 is 0 Å². The lowest BCUT2D eigenvalue weighted by atomic mass is 10.1. The number of nitrogens with one attached hydrogen (secondary N) is 1. The summed E-state index contributed by atoms with van der Waals surface area (Å²) < 4.78 is 6.76. The highest BCUT2D eigenvalue weighted by Gasteiger charge is 2.37. The molecule has 1 fully saturated rings. The van der Waals surface area contributed by atoms with Crippen molar-refractivity contribution in [2.75, 3.05) is 12.0 Å². The molecule has 172 valence electrons. The Morgan fingerprint density at radius 1 is 0.941 bits per heavy atom. The van der Waals surface area contributed by atoms with Crippen molar-refractivity contribution in [3.05, 3.63) is 88.2 Å². The average molecular weight is 457 g/mol. The Hall–Kier alpha value is -4.46. The fraction of sp³-hybridized carbons (Fsp3) is 0.154. The van der Waals surface area contributed by atoms with Crippen LogP contribution in [0, 0.1) is 20.8 Å². The Labute approximate surface area is 196 Å². The minimum absolute atomic E-state index is 0.163. The number of anilines is 1. The van der Waals surface area contributed by atoms with E-state index < -0.39 is 23.8 Å². The Morgan fingerprint density at radius 2 is 1.59 bits per heavy atom. The molecule has 1 aromatic heterocycles. The number of benzene rings is 2. The summed E-state index contributed by atoms with van der Waals surface area (Å²) >= 11 is 0. The van der Waals surface area contributed by atoms with Crippen LogP contribution in [-0.2, 0) is 14.3 Å². The highest BCUT2D eigenvalue weighted by molar-refractivity contribution is 6.39. The molecule has 4 rings (SSSR count). The van der Waals surface area contributed by atoms with Gasteiger partial charge in [0.05, 0.1) is 24.0 Å². The molecule has 0 spiro atoms. The third kappa shape index (κ3) is 3.79. The van der Waals surface area contributed by atoms with Crippen LogP contribution in [-0.4, -0.2) is 35.5 Å². The SMILES string of the molecule is COC(=O)c1ccccc1-n1c(C)cc(/C=C2\C(=O)NC(=O)N(c3ccccc3C)C2=O)c1C. The van der Waals surface area contributed by atoms with Gasteiger partial charge in [-0.05, 0) is 62.2 Å². The van der Waals surface area contributed by atoms with Crippen molar-refractivity contribution in [3.63, 3.8) is 0 Å². The van der Waals surface area contributed by atoms with E-state index in [0.29, 0.717) is 28.2 Å². The Kier molecular flexibility index (Phi) is 5.89. The first-order valence-corrected chi connectivity index (χ1v) is 10.6. The molecule has 8 nitrogen and oxygen atoms in total. The van der Waals surface area contributed by atoms with Crippen LogP contribution in [0.2, 0.25) is 0 Å². The molecule has 0 saturated carbocycles. The van der Waals surface area contributed by atoms with Crippen molar-refractivity contribution in [1.82, 2.24) is 9.88 Å². The van der Waals surface area contributed by atoms with Crippen molar-refractivity contribution < 1.29 is 23.9 Å². The zero-order valence-electron chi connectivity index (χ0n) is 19.2. The van der Waals surface area contributed by atoms with Gasteiger partial charge < -0.3 is 9.30 Å². The number of carbonyl (C=O) groups excluding carboxylic acids is 4. The van der Waals surface area contributed by atoms with E-state index in [4.69, 9.17) is 4.74 Å². The number of hydrogen-bond donors (Lipinski definition) is 1. The van der Waals surface area contributed by atoms with Crippen molar-refractivity contribution >= 4 is 35.6 Å². The number of imide groups is 2. The molecule has 1 saturated heterocycles. The van der Waals surface area contributed by atoms with Gasteiger partial charge >= 0.3 is 12.0 Å². The van der Waals surface area contributed by atoms with Crippen molar-refractivity contribution in [2.45, 2.75) is 20.8 Å². The van der Waals surface area contributed by atoms with Gasteiger partial charge in [0.15, 0.2) is 0 Å². The molecule has 2 aromatic carbocycles. The van der Waals surface area contributed by atoms with Crippen LogP contribution in [0.1, 0.15) is 32.9 Å². The standard InChI is InChI=1S/C26H23N3O5/c1-15-9-5-7-11-21(15)29-24(31)20(23(30)27-26(29)33)14-18-13-16(2)28(17(18)3)22-12-8-6-10-19(22)25(32)34-4/h5-14H,1-4H3,(H,27,30,33)/b20-14+. The molecule has 1 aliphatic heterocycles. The van der Waals surface area contributed by atoms with Crippen molar-refractivity contribution in [3.8, 4) is 5.69 Å². The van der Waals surface area contributed by atoms with Gasteiger partial charge in [0.2, 0.25) is 0 Å². The van der Waals surface area contributed by atoms with Crippen LogP contribution < -0.4 is 10.2 Å². The maximum absolute atomic E-state index is 13.3. The van der Waals surface area contributed by atoms with Gasteiger partial charge in [0.1, 0.15) is 5.57 Å². The minimum atomic E-state index is -0.793. The lowest BCUT2D eigenvalue weighted by Gasteiger charge is -2.27. The Balaban J connectivity index is 1.81. The first-order chi connectivity index (χ1) is 16.2. The van der Waals surface area contributed by atoms with E-state index in [-0.39, 0.29) is 5.57 Å². The van der Waals surface area contributed by atoms with Gasteiger partial charge in [0, 0.05) is 11.4 Å². The van der Waals surface area contributed by atoms with E-state index in [9.17, 15) is 19.2 Å². The Bertz CT molecular complexity index is 1380. The number of amides is 4. The molecule has 0 atom stereocenters. The fourth-order valence-corrected chi connectivity index (χ4v) is 4.10. The van der Waals surface area contributed by atoms with Crippen LogP contribution in [0.5, 0.6) is 0 Å². The quantitative estimate of drug-likeness (QED) is 0.365. The lowest BCUT2D eigenvalue weighted by Crippen LogP contribution is -2.54. The topological polar surface area (TPSA) is 97.7 Å². The molecule has 3 aromatic rings. The molecule has 0 aliphatic carbocycles. The summed E-state index contributed by atoms with van der Waals surface area (Å²) in [7, 11) is 1.32. The molecule has 1 aliphatic rings. The monoisotopic (exact) mass is 457 g/mol. The van der Waals surface area contributed by atoms with Crippen LogP contribution in [0.25, 0.3) is 11.8 Å². The molecule has 2 heterocycles. The number of rotatable bonds is 4. The number of carbonyl (C=O) groups is 4. The highest BCUT2D eigenvalue weighted by Crippen LogP contribution is 2.28. The summed E-state index contributed by atoms with van der Waals surface area (Å²) in [6.07, 6.45) is 1.47. The maximum atomic E-state index is 13.3. The second kappa shape index (κ2) is 8.82. The van der Waals surface area contributed by atoms with E-state index in [1.54, 1.807) is 49.4 Å². The second-order valence-electron chi connectivity index (χ2n) is 7.91. The van der Waals surface area contributed by atoms with Crippen molar-refractivity contribution in [1.29, 1.82) is 0 Å². The predicted molar refractivity (Wildman–Crippen MR) is 127 cm³/mol. The third-order valence-corrected chi connectivity index (χ3v) is 5.78. The van der Waals surface area contributed by atoms with E-state index in [1.807, 2.05) is 30.5 Å². The molecule has 4 amide bonds. The van der Waals surface area contributed by atoms with E-state index >= 15 is 0 Å². The van der Waals surface area contributed by atoms with Gasteiger partial charge in [-0.1, -0.05) is 30.3 Å². The van der Waals surface area contributed by atoms with E-state index in [1.165, 1.54) is 13.2 Å². The van der Waals surface area contributed by atoms with Gasteiger partial charge in [0.25, 0.3) is 11.8 Å². The van der Waals surface area contributed by atoms with Gasteiger partial charge in [-0.3, -0.25) is 14.9 Å². The minimum Gasteiger partial charge on any atom is -0.465 e. The molecule has 1 N–H and O–H groups in total. The van der Waals surface area contributed by atoms with Crippen LogP contribution in [0.3, 0.4) is 0 Å². The molecule has 34 heavy (non-hydrogen) atoms. The number of methoxy groups -OCH3 is 1. The summed E-state index contributed by atoms with van der Waals surface area (Å²) in [5.74, 6) is -1.94. The third-order valence-electron chi connectivity index (χ3n) is 5.78. The number of nitrogens with zero attached hydrogens (tertiary/aromatic N) is 2. The van der Waals surface area contributed by atoms with Crippen molar-refractivity contribution in [2.24, 2.45) is 0 Å². The van der Waals surface area contributed by atoms with Gasteiger partial charge in [-0.15, -0.1) is 0 Å². The molecular formula is C26H23N3O5. The first kappa shape index (κ1) is 22.7. The molecular weight excluding hydrogens is 434 g/mol. The molecule has 8 heteroatoms. The molecule has 0 unspecified atom stereocenters. The van der Waals surface area contributed by atoms with Crippen LogP contribution in [0.4, 0.5) is 10.5 Å². The number of para-hydroxylation sites is 2. The fourth-order valence-electron chi connectivity index (χ4n) is 4.10. The summed E-state index contributed by atoms with van der Waals surface area (Å²) in [5, 5.41) is 2.25. The average Bonchev–Trinajstić information content (AvgIpc) is 3.09. The summed E-state index contributed by atoms with van der Waals surface area (Å²) in [5.41, 5.74) is 4.06. The second-order valence-corrected chi connectivity index (χ2v) is 7.91. The first-order valence-electron chi connectivity index (χ1n) is 10.6. The molecule has 0 radical (unpaired) electrons.